The van der Waals surface area contributed by atoms with Gasteiger partial charge in [-0.25, -0.2) is 0 Å². The number of carbonyl (C=O) groups is 2. The molecule has 0 aliphatic heterocycles. The summed E-state index contributed by atoms with van der Waals surface area (Å²) >= 11 is 0. The fraction of sp³-hybridized carbons (Fsp3) is 0.500. The summed E-state index contributed by atoms with van der Waals surface area (Å²) in [6.07, 6.45) is 0.556. The molecule has 0 fully saturated rings. The lowest BCUT2D eigenvalue weighted by Gasteiger charge is -1.97. The van der Waals surface area contributed by atoms with Crippen LogP contribution in [0.25, 0.3) is 0 Å². The Kier molecular flexibility index (Phi) is 25.1. The second kappa shape index (κ2) is 17.0. The first-order valence-corrected chi connectivity index (χ1v) is 4.70. The van der Waals surface area contributed by atoms with E-state index in [1.54, 1.807) is 0 Å². The lowest BCUT2D eigenvalue weighted by Crippen LogP contribution is -2.42. The third-order valence-electron chi connectivity index (χ3n) is 0.167. The van der Waals surface area contributed by atoms with Crippen LogP contribution in [-0.4, -0.2) is 34.8 Å². The average Bonchev–Trinajstić information content (AvgIpc) is 1.90. The van der Waals surface area contributed by atoms with Gasteiger partial charge in [-0.15, -0.1) is 0 Å². The summed E-state index contributed by atoms with van der Waals surface area (Å²) in [5.41, 5.74) is 0. The van der Waals surface area contributed by atoms with Crippen molar-refractivity contribution in [2.24, 2.45) is 0 Å². The van der Waals surface area contributed by atoms with Crippen LogP contribution in [0.1, 0.15) is 0 Å². The molecule has 12 heavy (non-hydrogen) atoms. The van der Waals surface area contributed by atoms with Crippen LogP contribution < -0.4 is 10.2 Å². The average molecular weight is 218 g/mol. The first-order chi connectivity index (χ1) is 5.47. The van der Waals surface area contributed by atoms with E-state index in [4.69, 9.17) is 30.0 Å². The Bertz CT molecular complexity index is 102. The van der Waals surface area contributed by atoms with Crippen molar-refractivity contribution in [3.63, 3.8) is 0 Å². The van der Waals surface area contributed by atoms with Crippen molar-refractivity contribution in [2.45, 2.75) is 0 Å². The van der Waals surface area contributed by atoms with Crippen LogP contribution in [0.5, 0.6) is 0 Å². The molecule has 0 aliphatic carbocycles. The quantitative estimate of drug-likeness (QED) is 0.312. The number of rotatable bonds is 0. The maximum absolute atomic E-state index is 8.93. The highest BCUT2D eigenvalue weighted by Crippen LogP contribution is 1.63. The number of carboxylic acids is 2. The summed E-state index contributed by atoms with van der Waals surface area (Å²) in [6.45, 7) is 0. The Morgan fingerprint density at radius 2 is 1.08 bits per heavy atom. The number of hydrogen-bond acceptors (Lipinski definition) is 6. The largest absolute Gasteiger partial charge is 0.543 e. The maximum atomic E-state index is 8.93. The number of aliphatic hydroxyl groups excluding tert-OH is 2. The molecule has 0 aromatic heterocycles. The van der Waals surface area contributed by atoms with Gasteiger partial charge in [0.1, 0.15) is 12.7 Å². The topological polar surface area (TPSA) is 121 Å². The zero-order chi connectivity index (χ0) is 10.6. The minimum atomic E-state index is -2.19. The highest BCUT2D eigenvalue weighted by molar-refractivity contribution is 7.16. The third-order valence-corrected chi connectivity index (χ3v) is 0.167. The molecular formula is C4H12O6P2. The van der Waals surface area contributed by atoms with Gasteiger partial charge in [0.2, 0.25) is 0 Å². The van der Waals surface area contributed by atoms with E-state index in [0.717, 1.165) is 0 Å². The molecule has 8 heteroatoms. The zero-order valence-electron chi connectivity index (χ0n) is 6.36. The molecule has 2 N–H and O–H groups in total. The summed E-state index contributed by atoms with van der Waals surface area (Å²) in [4.78, 5) is 17.9. The van der Waals surface area contributed by atoms with Gasteiger partial charge in [-0.3, -0.25) is 0 Å². The monoisotopic (exact) mass is 218 g/mol. The molecule has 74 valence electrons. The molecule has 0 aromatic carbocycles. The molecule has 0 saturated carbocycles. The van der Waals surface area contributed by atoms with Crippen LogP contribution in [0.2, 0.25) is 0 Å². The van der Waals surface area contributed by atoms with Gasteiger partial charge in [0.05, 0.1) is 11.9 Å². The molecule has 0 saturated heterocycles. The standard InChI is InChI=1S/C2H2O4.2CH5OP/c3-1(4)2(5)6;2*2-1-3/h(H,3,4)(H,5,6);2*2H,1,3H2. The number of aliphatic carboxylic acids is 2. The Morgan fingerprint density at radius 3 is 1.08 bits per heavy atom. The van der Waals surface area contributed by atoms with Gasteiger partial charge in [-0.05, 0) is 0 Å². The van der Waals surface area contributed by atoms with Crippen LogP contribution >= 0.6 is 18.5 Å². The van der Waals surface area contributed by atoms with E-state index in [1.165, 1.54) is 18.5 Å². The third kappa shape index (κ3) is 53.4. The molecule has 0 heterocycles. The van der Waals surface area contributed by atoms with Crippen LogP contribution in [0.4, 0.5) is 0 Å². The lowest BCUT2D eigenvalue weighted by atomic mass is 10.7. The fourth-order valence-electron chi connectivity index (χ4n) is 0. The first kappa shape index (κ1) is 17.7. The Morgan fingerprint density at radius 1 is 1.00 bits per heavy atom. The normalized spacial score (nSPS) is 7.17. The van der Waals surface area contributed by atoms with E-state index < -0.39 is 11.9 Å². The molecule has 0 radical (unpaired) electrons. The minimum absolute atomic E-state index is 0.278. The highest BCUT2D eigenvalue weighted by Gasteiger charge is 1.74. The van der Waals surface area contributed by atoms with E-state index >= 15 is 0 Å². The molecular weight excluding hydrogens is 206 g/mol. The van der Waals surface area contributed by atoms with Gasteiger partial charge in [-0.1, -0.05) is 0 Å². The Labute approximate surface area is 74.0 Å². The van der Waals surface area contributed by atoms with Crippen LogP contribution in [0, 0.1) is 0 Å². The fourth-order valence-corrected chi connectivity index (χ4v) is 0. The van der Waals surface area contributed by atoms with Crippen LogP contribution in [0.3, 0.4) is 0 Å². The Hall–Kier alpha value is -0.280. The predicted octanol–water partition coefficient (Wildman–Crippen LogP) is -4.43. The van der Waals surface area contributed by atoms with E-state index in [2.05, 4.69) is 0 Å². The minimum Gasteiger partial charge on any atom is -0.543 e. The van der Waals surface area contributed by atoms with Gasteiger partial charge in [-0.2, -0.15) is 0 Å². The first-order valence-electron chi connectivity index (χ1n) is 2.70. The smallest absolute Gasteiger partial charge is 0.147 e. The van der Waals surface area contributed by atoms with Crippen LogP contribution in [0.15, 0.2) is 0 Å². The van der Waals surface area contributed by atoms with Crippen molar-refractivity contribution >= 4 is 30.4 Å². The van der Waals surface area contributed by atoms with Crippen LogP contribution in [-0.2, 0) is 9.59 Å². The summed E-state index contributed by atoms with van der Waals surface area (Å²) < 4.78 is 0. The molecule has 6 nitrogen and oxygen atoms in total. The molecule has 2 atom stereocenters. The van der Waals surface area contributed by atoms with Crippen molar-refractivity contribution < 1.29 is 30.0 Å². The number of carboxylic acid groups (broad SMARTS) is 2. The molecule has 0 amide bonds. The van der Waals surface area contributed by atoms with Gasteiger partial charge in [0.25, 0.3) is 0 Å². The number of carbonyl (C=O) groups excluding carboxylic acids is 2. The second-order valence-electron chi connectivity index (χ2n) is 1.02. The predicted molar refractivity (Wildman–Crippen MR) is 46.4 cm³/mol. The highest BCUT2D eigenvalue weighted by atomic mass is 31.0. The van der Waals surface area contributed by atoms with Crippen molar-refractivity contribution in [3.05, 3.63) is 0 Å². The summed E-state index contributed by atoms with van der Waals surface area (Å²) in [7, 11) is 3.06. The second-order valence-corrected chi connectivity index (χ2v) is 1.92. The maximum Gasteiger partial charge on any atom is 0.147 e. The molecule has 0 rings (SSSR count). The molecule has 2 unspecified atom stereocenters. The molecule has 0 spiro atoms. The summed E-state index contributed by atoms with van der Waals surface area (Å²) in [5, 5.41) is 33.0. The van der Waals surface area contributed by atoms with Crippen molar-refractivity contribution in [2.75, 3.05) is 12.7 Å². The van der Waals surface area contributed by atoms with E-state index in [1.807, 2.05) is 0 Å². The number of hydrogen-bond donors (Lipinski definition) is 2. The lowest BCUT2D eigenvalue weighted by molar-refractivity contribution is -0.345. The summed E-state index contributed by atoms with van der Waals surface area (Å²) in [6, 6.07) is 0. The Balaban J connectivity index is -0.000000115. The summed E-state index contributed by atoms with van der Waals surface area (Å²) in [5.74, 6) is -4.37. The number of aliphatic hydroxyl groups is 2. The molecule has 0 bridgehead atoms. The van der Waals surface area contributed by atoms with E-state index in [0.29, 0.717) is 0 Å². The van der Waals surface area contributed by atoms with E-state index in [-0.39, 0.29) is 12.7 Å². The zero-order valence-corrected chi connectivity index (χ0v) is 9.18. The SMILES string of the molecule is O=C([O-])C(=O)[O-].OC[PH3+].OC[PH3+]. The van der Waals surface area contributed by atoms with Gasteiger partial charge in [0, 0.05) is 18.5 Å². The van der Waals surface area contributed by atoms with Gasteiger partial charge in [0.15, 0.2) is 0 Å². The van der Waals surface area contributed by atoms with Crippen molar-refractivity contribution in [1.29, 1.82) is 0 Å². The molecule has 0 aliphatic rings. The van der Waals surface area contributed by atoms with Gasteiger partial charge >= 0.3 is 0 Å². The van der Waals surface area contributed by atoms with Crippen molar-refractivity contribution in [1.82, 2.24) is 0 Å². The van der Waals surface area contributed by atoms with Crippen molar-refractivity contribution in [3.8, 4) is 0 Å². The molecule has 0 aromatic rings. The van der Waals surface area contributed by atoms with Gasteiger partial charge < -0.3 is 30.0 Å². The van der Waals surface area contributed by atoms with E-state index in [9.17, 15) is 0 Å².